The van der Waals surface area contributed by atoms with Gasteiger partial charge in [-0.25, -0.2) is 0 Å². The van der Waals surface area contributed by atoms with Crippen LogP contribution in [-0.4, -0.2) is 41.5 Å². The second-order valence-electron chi connectivity index (χ2n) is 6.28. The van der Waals surface area contributed by atoms with E-state index in [9.17, 15) is 13.2 Å². The molecule has 1 saturated heterocycles. The number of aryl methyl sites for hydroxylation is 2. The summed E-state index contributed by atoms with van der Waals surface area (Å²) in [7, 11) is -0.637. The highest BCUT2D eigenvalue weighted by Gasteiger charge is 2.41. The first kappa shape index (κ1) is 18.8. The Kier molecular flexibility index (Phi) is 5.07. The average Bonchev–Trinajstić information content (AvgIpc) is 2.90. The SMILES string of the molecule is Cc1nn(C)cc1[C@H]1C[C@@H](C(=O)Nc2ccc(Cl)cc2)N(C)S(=O)(=O)N1. The van der Waals surface area contributed by atoms with E-state index in [-0.39, 0.29) is 0 Å². The quantitative estimate of drug-likeness (QED) is 0.822. The molecule has 1 aliphatic rings. The van der Waals surface area contributed by atoms with Crippen LogP contribution in [0.25, 0.3) is 0 Å². The first-order valence-electron chi connectivity index (χ1n) is 7.99. The standard InChI is InChI=1S/C16H20ClN5O3S/c1-10-13(9-21(2)19-10)14-8-15(22(3)26(24,25)20-14)16(23)18-12-6-4-11(17)5-7-12/h4-7,9,14-15,20H,8H2,1-3H3,(H,18,23)/t14-,15+/m1/s1. The molecule has 0 unspecified atom stereocenters. The van der Waals surface area contributed by atoms with Gasteiger partial charge in [-0.15, -0.1) is 0 Å². The molecule has 26 heavy (non-hydrogen) atoms. The van der Waals surface area contributed by atoms with Crippen LogP contribution in [0.5, 0.6) is 0 Å². The average molecular weight is 398 g/mol. The topological polar surface area (TPSA) is 96.3 Å². The Labute approximate surface area is 157 Å². The van der Waals surface area contributed by atoms with Crippen LogP contribution in [0.1, 0.15) is 23.7 Å². The van der Waals surface area contributed by atoms with Crippen LogP contribution in [0.3, 0.4) is 0 Å². The summed E-state index contributed by atoms with van der Waals surface area (Å²) in [6.45, 7) is 1.81. The van der Waals surface area contributed by atoms with E-state index in [1.165, 1.54) is 7.05 Å². The summed E-state index contributed by atoms with van der Waals surface area (Å²) >= 11 is 5.84. The zero-order chi connectivity index (χ0) is 19.1. The third kappa shape index (κ3) is 3.75. The number of nitrogens with one attached hydrogen (secondary N) is 2. The Morgan fingerprint density at radius 1 is 1.31 bits per heavy atom. The highest BCUT2D eigenvalue weighted by molar-refractivity contribution is 7.87. The highest BCUT2D eigenvalue weighted by Crippen LogP contribution is 2.29. The van der Waals surface area contributed by atoms with Gasteiger partial charge in [0.1, 0.15) is 6.04 Å². The molecular formula is C16H20ClN5O3S. The molecule has 10 heteroatoms. The molecule has 0 saturated carbocycles. The Hall–Kier alpha value is -1.94. The number of likely N-dealkylation sites (N-methyl/N-ethyl adjacent to an activating group) is 1. The lowest BCUT2D eigenvalue weighted by Crippen LogP contribution is -2.56. The van der Waals surface area contributed by atoms with Crippen molar-refractivity contribution in [2.75, 3.05) is 12.4 Å². The van der Waals surface area contributed by atoms with E-state index in [0.717, 1.165) is 15.6 Å². The van der Waals surface area contributed by atoms with Gasteiger partial charge in [-0.2, -0.15) is 22.5 Å². The number of rotatable bonds is 3. The predicted molar refractivity (Wildman–Crippen MR) is 99.0 cm³/mol. The third-order valence-electron chi connectivity index (χ3n) is 4.41. The second-order valence-corrected chi connectivity index (χ2v) is 8.48. The minimum atomic E-state index is -3.80. The molecule has 8 nitrogen and oxygen atoms in total. The lowest BCUT2D eigenvalue weighted by molar-refractivity contribution is -0.120. The van der Waals surface area contributed by atoms with Crippen molar-refractivity contribution in [1.82, 2.24) is 18.8 Å². The molecule has 0 bridgehead atoms. The van der Waals surface area contributed by atoms with Crippen LogP contribution < -0.4 is 10.0 Å². The molecule has 1 fully saturated rings. The van der Waals surface area contributed by atoms with Crippen LogP contribution in [-0.2, 0) is 22.1 Å². The molecule has 0 radical (unpaired) electrons. The van der Waals surface area contributed by atoms with Crippen molar-refractivity contribution in [3.8, 4) is 0 Å². The Morgan fingerprint density at radius 2 is 1.96 bits per heavy atom. The van der Waals surface area contributed by atoms with Crippen LogP contribution >= 0.6 is 11.6 Å². The maximum Gasteiger partial charge on any atom is 0.280 e. The molecule has 2 N–H and O–H groups in total. The van der Waals surface area contributed by atoms with Gasteiger partial charge in [0.15, 0.2) is 0 Å². The molecule has 140 valence electrons. The van der Waals surface area contributed by atoms with Crippen molar-refractivity contribution in [2.24, 2.45) is 7.05 Å². The number of nitrogens with zero attached hydrogens (tertiary/aromatic N) is 3. The summed E-state index contributed by atoms with van der Waals surface area (Å²) < 4.78 is 30.3. The Balaban J connectivity index is 1.85. The van der Waals surface area contributed by atoms with Gasteiger partial charge >= 0.3 is 0 Å². The van der Waals surface area contributed by atoms with Crippen molar-refractivity contribution >= 4 is 33.4 Å². The minimum Gasteiger partial charge on any atom is -0.325 e. The number of benzene rings is 1. The predicted octanol–water partition coefficient (Wildman–Crippen LogP) is 1.60. The van der Waals surface area contributed by atoms with Crippen molar-refractivity contribution in [1.29, 1.82) is 0 Å². The van der Waals surface area contributed by atoms with Crippen LogP contribution in [0.15, 0.2) is 30.5 Å². The third-order valence-corrected chi connectivity index (χ3v) is 6.26. The molecule has 1 aromatic carbocycles. The van der Waals surface area contributed by atoms with Gasteiger partial charge in [0.05, 0.1) is 11.7 Å². The number of hydrogen-bond acceptors (Lipinski definition) is 4. The van der Waals surface area contributed by atoms with E-state index < -0.39 is 28.2 Å². The summed E-state index contributed by atoms with van der Waals surface area (Å²) in [5.41, 5.74) is 2.04. The fourth-order valence-corrected chi connectivity index (χ4v) is 4.42. The number of hydrogen-bond donors (Lipinski definition) is 2. The van der Waals surface area contributed by atoms with Crippen LogP contribution in [0.2, 0.25) is 5.02 Å². The van der Waals surface area contributed by atoms with Gasteiger partial charge in [-0.3, -0.25) is 9.48 Å². The van der Waals surface area contributed by atoms with Crippen molar-refractivity contribution in [2.45, 2.75) is 25.4 Å². The van der Waals surface area contributed by atoms with E-state index >= 15 is 0 Å². The summed E-state index contributed by atoms with van der Waals surface area (Å²) in [5, 5.41) is 7.55. The monoisotopic (exact) mass is 397 g/mol. The number of halogens is 1. The zero-order valence-corrected chi connectivity index (χ0v) is 16.2. The Morgan fingerprint density at radius 3 is 2.54 bits per heavy atom. The number of aromatic nitrogens is 2. The summed E-state index contributed by atoms with van der Waals surface area (Å²) in [5.74, 6) is -0.397. The lowest BCUT2D eigenvalue weighted by Gasteiger charge is -2.36. The van der Waals surface area contributed by atoms with Gasteiger partial charge in [0.25, 0.3) is 10.2 Å². The van der Waals surface area contributed by atoms with E-state index in [0.29, 0.717) is 17.1 Å². The highest BCUT2D eigenvalue weighted by atomic mass is 35.5. The molecule has 2 aromatic rings. The fraction of sp³-hybridized carbons (Fsp3) is 0.375. The molecule has 2 atom stereocenters. The molecule has 1 amide bonds. The van der Waals surface area contributed by atoms with E-state index in [4.69, 9.17) is 11.6 Å². The molecule has 1 aliphatic heterocycles. The first-order chi connectivity index (χ1) is 12.2. The second kappa shape index (κ2) is 6.99. The number of carbonyl (C=O) groups excluding carboxylic acids is 1. The lowest BCUT2D eigenvalue weighted by atomic mass is 10.00. The molecule has 0 aliphatic carbocycles. The van der Waals surface area contributed by atoms with E-state index in [2.05, 4.69) is 15.1 Å². The fourth-order valence-electron chi connectivity index (χ4n) is 3.03. The zero-order valence-electron chi connectivity index (χ0n) is 14.6. The normalized spacial score (nSPS) is 22.9. The van der Waals surface area contributed by atoms with Gasteiger partial charge in [0.2, 0.25) is 5.91 Å². The largest absolute Gasteiger partial charge is 0.325 e. The van der Waals surface area contributed by atoms with E-state index in [1.54, 1.807) is 42.2 Å². The smallest absolute Gasteiger partial charge is 0.280 e. The van der Waals surface area contributed by atoms with Crippen molar-refractivity contribution in [3.05, 3.63) is 46.7 Å². The van der Waals surface area contributed by atoms with Gasteiger partial charge in [-0.1, -0.05) is 11.6 Å². The maximum absolute atomic E-state index is 12.7. The van der Waals surface area contributed by atoms with E-state index in [1.807, 2.05) is 6.92 Å². The first-order valence-corrected chi connectivity index (χ1v) is 9.81. The maximum atomic E-state index is 12.7. The van der Waals surface area contributed by atoms with Gasteiger partial charge in [-0.05, 0) is 37.6 Å². The Bertz CT molecular complexity index is 926. The van der Waals surface area contributed by atoms with Crippen molar-refractivity contribution in [3.63, 3.8) is 0 Å². The summed E-state index contributed by atoms with van der Waals surface area (Å²) in [6, 6.07) is 5.27. The number of anilines is 1. The van der Waals surface area contributed by atoms with Gasteiger partial charge < -0.3 is 5.32 Å². The van der Waals surface area contributed by atoms with Crippen LogP contribution in [0, 0.1) is 6.92 Å². The summed E-state index contributed by atoms with van der Waals surface area (Å²) in [4.78, 5) is 12.7. The summed E-state index contributed by atoms with van der Waals surface area (Å²) in [6.07, 6.45) is 2.06. The number of amides is 1. The molecular weight excluding hydrogens is 378 g/mol. The molecule has 0 spiro atoms. The molecule has 1 aromatic heterocycles. The van der Waals surface area contributed by atoms with Crippen LogP contribution in [0.4, 0.5) is 5.69 Å². The van der Waals surface area contributed by atoms with Crippen molar-refractivity contribution < 1.29 is 13.2 Å². The number of carbonyl (C=O) groups is 1. The molecule has 2 heterocycles. The van der Waals surface area contributed by atoms with Gasteiger partial charge in [0, 0.05) is 36.6 Å². The molecule has 3 rings (SSSR count). The minimum absolute atomic E-state index is 0.293.